The third kappa shape index (κ3) is 13.1. The molecule has 298 valence electrons. The molecule has 0 heterocycles. The van der Waals surface area contributed by atoms with Gasteiger partial charge in [-0.25, -0.2) is 0 Å². The summed E-state index contributed by atoms with van der Waals surface area (Å²) in [5, 5.41) is 4.48. The normalized spacial score (nSPS) is 11.6. The van der Waals surface area contributed by atoms with Crippen molar-refractivity contribution in [3.63, 3.8) is 0 Å². The van der Waals surface area contributed by atoms with Gasteiger partial charge in [-0.1, -0.05) is 159 Å². The Labute approximate surface area is 365 Å². The molecule has 6 aromatic carbocycles. The van der Waals surface area contributed by atoms with E-state index in [0.717, 1.165) is 18.7 Å². The minimum absolute atomic E-state index is 0. The highest BCUT2D eigenvalue weighted by molar-refractivity contribution is 8.93. The van der Waals surface area contributed by atoms with Crippen LogP contribution in [-0.4, -0.2) is 38.3 Å². The molecule has 5 heteroatoms. The van der Waals surface area contributed by atoms with Crippen LogP contribution in [0, 0.1) is 0 Å². The molecule has 0 aliphatic heterocycles. The highest BCUT2D eigenvalue weighted by Crippen LogP contribution is 2.56. The number of rotatable bonds is 21. The maximum Gasteiger partial charge on any atom is 0.119 e. The minimum Gasteiger partial charge on any atom is -0.492 e. The third-order valence-electron chi connectivity index (χ3n) is 10.7. The Morgan fingerprint density at radius 2 is 0.825 bits per heavy atom. The Morgan fingerprint density at radius 1 is 0.439 bits per heavy atom. The number of halogens is 2. The molecule has 0 unspecified atom stereocenters. The fourth-order valence-electron chi connectivity index (χ4n) is 7.83. The van der Waals surface area contributed by atoms with E-state index in [-0.39, 0.29) is 34.0 Å². The largest absolute Gasteiger partial charge is 0.492 e. The second-order valence-corrected chi connectivity index (χ2v) is 18.5. The molecule has 0 aliphatic carbocycles. The van der Waals surface area contributed by atoms with Crippen LogP contribution in [0.1, 0.15) is 74.5 Å². The number of hydrogen-bond donors (Lipinski definition) is 0. The Kier molecular flexibility index (Phi) is 20.0. The quantitative estimate of drug-likeness (QED) is 0.0405. The van der Waals surface area contributed by atoms with Crippen molar-refractivity contribution in [3.8, 4) is 5.75 Å². The fourth-order valence-corrected chi connectivity index (χ4v) is 12.2. The molecular weight excluding hydrogens is 845 g/mol. The van der Waals surface area contributed by atoms with Gasteiger partial charge in [-0.05, 0) is 116 Å². The minimum atomic E-state index is -1.73. The number of ether oxygens (including phenoxy) is 1. The smallest absolute Gasteiger partial charge is 0.119 e. The van der Waals surface area contributed by atoms with Crippen LogP contribution in [0.25, 0.3) is 11.1 Å². The summed E-state index contributed by atoms with van der Waals surface area (Å²) in [5.74, 6) is 0.920. The summed E-state index contributed by atoms with van der Waals surface area (Å²) in [6.45, 7) is 1.58. The average Bonchev–Trinajstić information content (AvgIpc) is 3.24. The summed E-state index contributed by atoms with van der Waals surface area (Å²) in [7, 11) is 2.42. The van der Waals surface area contributed by atoms with E-state index in [0.29, 0.717) is 6.61 Å². The second kappa shape index (κ2) is 24.9. The van der Waals surface area contributed by atoms with E-state index in [9.17, 15) is 0 Å². The number of likely N-dealkylation sites (N-methyl/N-ethyl adjacent to an activating group) is 1. The van der Waals surface area contributed by atoms with Crippen molar-refractivity contribution >= 4 is 68.3 Å². The molecule has 0 aromatic heterocycles. The summed E-state index contributed by atoms with van der Waals surface area (Å²) in [4.78, 5) is 2.15. The summed E-state index contributed by atoms with van der Waals surface area (Å²) in [6, 6.07) is 64.7. The summed E-state index contributed by atoms with van der Waals surface area (Å²) < 4.78 is 6.05. The van der Waals surface area contributed by atoms with Gasteiger partial charge in [-0.15, -0.1) is 34.0 Å². The standard InChI is InChI=1S/C52H59NOP.2BrH/c1-53(2)41-42-54-47-39-37-46(38-40-47)52(45-28-16-10-17-29-45)51(44-26-14-9-15-27-44)36-24-7-5-3-4-6-8-25-43-55(48-30-18-11-19-31-48,49-32-20-12-21-33-49)50-34-22-13-23-35-50;;/h9-23,26-35,37-40H,3-8,24-25,36,41-43H2,1-2H3;2*1H/q+1;;/b52-51-;;. The lowest BCUT2D eigenvalue weighted by atomic mass is 9.86. The van der Waals surface area contributed by atoms with Gasteiger partial charge in [0.1, 0.15) is 35.5 Å². The van der Waals surface area contributed by atoms with E-state index < -0.39 is 7.26 Å². The van der Waals surface area contributed by atoms with Gasteiger partial charge in [-0.3, -0.25) is 0 Å². The van der Waals surface area contributed by atoms with Crippen molar-refractivity contribution < 1.29 is 4.74 Å². The van der Waals surface area contributed by atoms with E-state index in [2.05, 4.69) is 195 Å². The van der Waals surface area contributed by atoms with Crippen LogP contribution < -0.4 is 20.7 Å². The van der Waals surface area contributed by atoms with E-state index in [1.807, 2.05) is 0 Å². The van der Waals surface area contributed by atoms with Gasteiger partial charge < -0.3 is 9.64 Å². The number of allylic oxidation sites excluding steroid dienone is 1. The van der Waals surface area contributed by atoms with Gasteiger partial charge in [0, 0.05) is 6.54 Å². The van der Waals surface area contributed by atoms with Crippen molar-refractivity contribution in [2.75, 3.05) is 33.4 Å². The lowest BCUT2D eigenvalue weighted by Crippen LogP contribution is -2.33. The Balaban J connectivity index is 0.00000360. The van der Waals surface area contributed by atoms with Crippen LogP contribution in [0.3, 0.4) is 0 Å². The van der Waals surface area contributed by atoms with Crippen molar-refractivity contribution in [1.82, 2.24) is 4.90 Å². The van der Waals surface area contributed by atoms with Crippen LogP contribution in [0.5, 0.6) is 5.75 Å². The number of hydrogen-bond acceptors (Lipinski definition) is 2. The van der Waals surface area contributed by atoms with E-state index in [1.165, 1.54) is 101 Å². The molecule has 0 spiro atoms. The highest BCUT2D eigenvalue weighted by atomic mass is 79.9. The molecule has 0 radical (unpaired) electrons. The predicted molar refractivity (Wildman–Crippen MR) is 262 cm³/mol. The summed E-state index contributed by atoms with van der Waals surface area (Å²) in [6.07, 6.45) is 12.5. The molecule has 0 amide bonds. The maximum absolute atomic E-state index is 6.05. The molecule has 0 aliphatic rings. The van der Waals surface area contributed by atoms with Crippen LogP contribution in [-0.2, 0) is 0 Å². The topological polar surface area (TPSA) is 12.5 Å². The Bertz CT molecular complexity index is 1890. The van der Waals surface area contributed by atoms with Crippen LogP contribution in [0.4, 0.5) is 0 Å². The monoisotopic (exact) mass is 904 g/mol. The van der Waals surface area contributed by atoms with Gasteiger partial charge in [-0.2, -0.15) is 0 Å². The molecule has 0 N–H and O–H groups in total. The van der Waals surface area contributed by atoms with Crippen molar-refractivity contribution in [2.45, 2.75) is 57.8 Å². The first-order valence-electron chi connectivity index (χ1n) is 20.4. The average molecular weight is 907 g/mol. The van der Waals surface area contributed by atoms with E-state index >= 15 is 0 Å². The zero-order valence-electron chi connectivity index (χ0n) is 33.8. The Hall–Kier alpha value is -3.79. The van der Waals surface area contributed by atoms with Crippen molar-refractivity contribution in [3.05, 3.63) is 193 Å². The van der Waals surface area contributed by atoms with Crippen molar-refractivity contribution in [1.29, 1.82) is 0 Å². The summed E-state index contributed by atoms with van der Waals surface area (Å²) >= 11 is 0. The van der Waals surface area contributed by atoms with Gasteiger partial charge in [0.05, 0.1) is 6.16 Å². The second-order valence-electron chi connectivity index (χ2n) is 14.9. The number of unbranched alkanes of at least 4 members (excludes halogenated alkanes) is 7. The first kappa shape index (κ1) is 45.9. The molecule has 0 fully saturated rings. The molecule has 57 heavy (non-hydrogen) atoms. The van der Waals surface area contributed by atoms with E-state index in [4.69, 9.17) is 4.74 Å². The van der Waals surface area contributed by atoms with Gasteiger partial charge >= 0.3 is 0 Å². The van der Waals surface area contributed by atoms with Crippen LogP contribution in [0.15, 0.2) is 176 Å². The first-order valence-corrected chi connectivity index (χ1v) is 22.4. The molecule has 0 saturated carbocycles. The Morgan fingerprint density at radius 3 is 1.28 bits per heavy atom. The molecule has 2 nitrogen and oxygen atoms in total. The lowest BCUT2D eigenvalue weighted by molar-refractivity contribution is 0.261. The number of nitrogens with zero attached hydrogens (tertiary/aromatic N) is 1. The molecular formula is C52H61Br2NOP+. The zero-order valence-corrected chi connectivity index (χ0v) is 38.2. The molecule has 6 aromatic rings. The van der Waals surface area contributed by atoms with Gasteiger partial charge in [0.25, 0.3) is 0 Å². The molecule has 0 saturated heterocycles. The fraction of sp³-hybridized carbons (Fsp3) is 0.269. The van der Waals surface area contributed by atoms with Crippen LogP contribution in [0.2, 0.25) is 0 Å². The van der Waals surface area contributed by atoms with Crippen molar-refractivity contribution in [2.24, 2.45) is 0 Å². The maximum atomic E-state index is 6.05. The van der Waals surface area contributed by atoms with Crippen LogP contribution >= 0.6 is 41.2 Å². The predicted octanol–water partition coefficient (Wildman–Crippen LogP) is 13.2. The lowest BCUT2D eigenvalue weighted by Gasteiger charge is -2.27. The SMILES string of the molecule is Br.Br.CN(C)CCOc1ccc(/C(=C(/CCCCCCCCCC[P+](c2ccccc2)(c2ccccc2)c2ccccc2)c2ccccc2)c2ccccc2)cc1. The number of benzene rings is 6. The summed E-state index contributed by atoms with van der Waals surface area (Å²) in [5.41, 5.74) is 6.57. The van der Waals surface area contributed by atoms with Gasteiger partial charge in [0.2, 0.25) is 0 Å². The zero-order chi connectivity index (χ0) is 38.0. The molecule has 6 rings (SSSR count). The third-order valence-corrected chi connectivity index (χ3v) is 15.2. The van der Waals surface area contributed by atoms with Gasteiger partial charge in [0.15, 0.2) is 0 Å². The molecule has 0 bridgehead atoms. The first-order chi connectivity index (χ1) is 27.1. The molecule has 0 atom stereocenters. The van der Waals surface area contributed by atoms with E-state index in [1.54, 1.807) is 0 Å². The highest BCUT2D eigenvalue weighted by Gasteiger charge is 2.44.